The van der Waals surface area contributed by atoms with Crippen LogP contribution >= 0.6 is 0 Å². The minimum atomic E-state index is -0.232. The lowest BCUT2D eigenvalue weighted by molar-refractivity contribution is -0.137. The van der Waals surface area contributed by atoms with Crippen molar-refractivity contribution in [2.45, 2.75) is 25.4 Å². The van der Waals surface area contributed by atoms with Crippen molar-refractivity contribution in [2.24, 2.45) is 5.92 Å². The fraction of sp³-hybridized carbons (Fsp3) is 0.345. The highest BCUT2D eigenvalue weighted by molar-refractivity contribution is 5.83. The number of benzene rings is 3. The van der Waals surface area contributed by atoms with Gasteiger partial charge in [0.1, 0.15) is 11.6 Å². The van der Waals surface area contributed by atoms with E-state index >= 15 is 0 Å². The molecule has 0 spiro atoms. The first kappa shape index (κ1) is 22.0. The van der Waals surface area contributed by atoms with Gasteiger partial charge in [0.25, 0.3) is 0 Å². The first-order valence-corrected chi connectivity index (χ1v) is 12.4. The molecule has 1 fully saturated rings. The van der Waals surface area contributed by atoms with Gasteiger partial charge in [-0.25, -0.2) is 4.39 Å². The van der Waals surface area contributed by atoms with E-state index in [-0.39, 0.29) is 23.7 Å². The zero-order valence-corrected chi connectivity index (χ0v) is 20.0. The Balaban J connectivity index is 1.32. The second-order valence-electron chi connectivity index (χ2n) is 9.77. The molecule has 0 saturated carbocycles. The van der Waals surface area contributed by atoms with Crippen LogP contribution in [0.25, 0.3) is 0 Å². The number of carbonyl (C=O) groups excluding carboxylic acids is 1. The normalized spacial score (nSPS) is 21.1. The van der Waals surface area contributed by atoms with Crippen molar-refractivity contribution in [3.63, 3.8) is 0 Å². The summed E-state index contributed by atoms with van der Waals surface area (Å²) in [5.41, 5.74) is 5.97. The fourth-order valence-electron chi connectivity index (χ4n) is 5.99. The van der Waals surface area contributed by atoms with Crippen LogP contribution in [0.15, 0.2) is 66.7 Å². The van der Waals surface area contributed by atoms with Gasteiger partial charge in [-0.05, 0) is 59.9 Å². The number of rotatable bonds is 3. The Morgan fingerprint density at radius 1 is 0.943 bits per heavy atom. The number of piperazine rings is 1. The van der Waals surface area contributed by atoms with Gasteiger partial charge in [0, 0.05) is 50.2 Å². The van der Waals surface area contributed by atoms with E-state index in [0.29, 0.717) is 13.0 Å². The first-order valence-electron chi connectivity index (χ1n) is 12.4. The summed E-state index contributed by atoms with van der Waals surface area (Å²) in [6, 6.07) is 21.4. The summed E-state index contributed by atoms with van der Waals surface area (Å²) in [5.74, 6) is 0.701. The van der Waals surface area contributed by atoms with Crippen molar-refractivity contribution in [3.8, 4) is 5.75 Å². The van der Waals surface area contributed by atoms with Crippen LogP contribution < -0.4 is 14.5 Å². The number of hydrogen-bond acceptors (Lipinski definition) is 4. The topological polar surface area (TPSA) is 36.0 Å². The minimum Gasteiger partial charge on any atom is -0.497 e. The zero-order valence-electron chi connectivity index (χ0n) is 20.0. The SMILES string of the molecule is COc1ccc2c(c1)N1CCN(c3ccc(F)cc3)CC1C(C(=O)N1CCc3ccccc3C1)C2. The number of ether oxygens (including phenoxy) is 1. The van der Waals surface area contributed by atoms with E-state index < -0.39 is 0 Å². The summed E-state index contributed by atoms with van der Waals surface area (Å²) < 4.78 is 19.1. The quantitative estimate of drug-likeness (QED) is 0.571. The van der Waals surface area contributed by atoms with E-state index in [0.717, 1.165) is 44.0 Å². The lowest BCUT2D eigenvalue weighted by Crippen LogP contribution is -2.61. The predicted octanol–water partition coefficient (Wildman–Crippen LogP) is 4.29. The molecule has 0 N–H and O–H groups in total. The number of anilines is 2. The van der Waals surface area contributed by atoms with E-state index in [1.54, 1.807) is 7.11 Å². The van der Waals surface area contributed by atoms with Crippen molar-refractivity contribution in [1.82, 2.24) is 4.90 Å². The Morgan fingerprint density at radius 2 is 1.74 bits per heavy atom. The molecule has 180 valence electrons. The Kier molecular flexibility index (Phi) is 5.59. The molecule has 35 heavy (non-hydrogen) atoms. The van der Waals surface area contributed by atoms with Gasteiger partial charge in [0.15, 0.2) is 0 Å². The maximum Gasteiger partial charge on any atom is 0.228 e. The van der Waals surface area contributed by atoms with Crippen molar-refractivity contribution in [3.05, 3.63) is 89.2 Å². The average Bonchev–Trinajstić information content (AvgIpc) is 2.91. The van der Waals surface area contributed by atoms with E-state index in [4.69, 9.17) is 4.74 Å². The summed E-state index contributed by atoms with van der Waals surface area (Å²) in [5, 5.41) is 0. The summed E-state index contributed by atoms with van der Waals surface area (Å²) in [6.45, 7) is 3.78. The number of nitrogens with zero attached hydrogens (tertiary/aromatic N) is 3. The molecule has 3 aliphatic heterocycles. The van der Waals surface area contributed by atoms with Crippen LogP contribution in [0, 0.1) is 11.7 Å². The summed E-state index contributed by atoms with van der Waals surface area (Å²) >= 11 is 0. The number of amides is 1. The molecule has 3 heterocycles. The molecule has 0 bridgehead atoms. The number of halogens is 1. The molecular weight excluding hydrogens is 441 g/mol. The first-order chi connectivity index (χ1) is 17.1. The third-order valence-corrected chi connectivity index (χ3v) is 7.88. The third kappa shape index (κ3) is 4.01. The highest BCUT2D eigenvalue weighted by atomic mass is 19.1. The molecule has 0 aromatic heterocycles. The Labute approximate surface area is 205 Å². The largest absolute Gasteiger partial charge is 0.497 e. The molecule has 0 aliphatic carbocycles. The molecule has 1 amide bonds. The van der Waals surface area contributed by atoms with Crippen LogP contribution in [-0.2, 0) is 24.2 Å². The highest BCUT2D eigenvalue weighted by Crippen LogP contribution is 2.40. The van der Waals surface area contributed by atoms with E-state index in [2.05, 4.69) is 51.1 Å². The van der Waals surface area contributed by atoms with Crippen LogP contribution in [0.5, 0.6) is 5.75 Å². The van der Waals surface area contributed by atoms with Crippen LogP contribution in [0.2, 0.25) is 0 Å². The van der Waals surface area contributed by atoms with Crippen molar-refractivity contribution >= 4 is 17.3 Å². The van der Waals surface area contributed by atoms with Crippen LogP contribution in [0.3, 0.4) is 0 Å². The van der Waals surface area contributed by atoms with E-state index in [9.17, 15) is 9.18 Å². The van der Waals surface area contributed by atoms with Crippen molar-refractivity contribution in [1.29, 1.82) is 0 Å². The lowest BCUT2D eigenvalue weighted by Gasteiger charge is -2.50. The Morgan fingerprint density at radius 3 is 2.54 bits per heavy atom. The molecule has 6 rings (SSSR count). The molecule has 5 nitrogen and oxygen atoms in total. The van der Waals surface area contributed by atoms with E-state index in [1.807, 2.05) is 18.2 Å². The van der Waals surface area contributed by atoms with Crippen LogP contribution in [0.4, 0.5) is 15.8 Å². The molecule has 3 aliphatic rings. The number of carbonyl (C=O) groups is 1. The maximum atomic E-state index is 14.0. The van der Waals surface area contributed by atoms with Gasteiger partial charge in [-0.15, -0.1) is 0 Å². The molecule has 6 heteroatoms. The van der Waals surface area contributed by atoms with Gasteiger partial charge in [-0.1, -0.05) is 30.3 Å². The molecule has 0 radical (unpaired) electrons. The molecular formula is C29H30FN3O2. The third-order valence-electron chi connectivity index (χ3n) is 7.88. The van der Waals surface area contributed by atoms with Gasteiger partial charge >= 0.3 is 0 Å². The number of methoxy groups -OCH3 is 1. The molecule has 1 saturated heterocycles. The molecule has 3 aromatic carbocycles. The predicted molar refractivity (Wildman–Crippen MR) is 135 cm³/mol. The van der Waals surface area contributed by atoms with E-state index in [1.165, 1.54) is 34.5 Å². The molecule has 2 unspecified atom stereocenters. The van der Waals surface area contributed by atoms with Gasteiger partial charge < -0.3 is 19.4 Å². The highest BCUT2D eigenvalue weighted by Gasteiger charge is 2.43. The fourth-order valence-corrected chi connectivity index (χ4v) is 5.99. The minimum absolute atomic E-state index is 0.0399. The number of hydrogen-bond donors (Lipinski definition) is 0. The van der Waals surface area contributed by atoms with Crippen LogP contribution in [-0.4, -0.2) is 50.1 Å². The second kappa shape index (κ2) is 8.91. The maximum absolute atomic E-state index is 14.0. The van der Waals surface area contributed by atoms with Gasteiger partial charge in [0.05, 0.1) is 19.1 Å². The summed E-state index contributed by atoms with van der Waals surface area (Å²) in [4.78, 5) is 20.8. The van der Waals surface area contributed by atoms with Crippen molar-refractivity contribution < 1.29 is 13.9 Å². The van der Waals surface area contributed by atoms with Gasteiger partial charge in [-0.2, -0.15) is 0 Å². The molecule has 2 atom stereocenters. The van der Waals surface area contributed by atoms with Gasteiger partial charge in [0.2, 0.25) is 5.91 Å². The summed E-state index contributed by atoms with van der Waals surface area (Å²) in [6.07, 6.45) is 1.62. The Hall–Kier alpha value is -3.54. The van der Waals surface area contributed by atoms with Crippen LogP contribution in [0.1, 0.15) is 16.7 Å². The van der Waals surface area contributed by atoms with Crippen molar-refractivity contribution in [2.75, 3.05) is 43.1 Å². The van der Waals surface area contributed by atoms with Gasteiger partial charge in [-0.3, -0.25) is 4.79 Å². The second-order valence-corrected chi connectivity index (χ2v) is 9.77. The lowest BCUT2D eigenvalue weighted by atomic mass is 9.82. The Bertz CT molecular complexity index is 1240. The summed E-state index contributed by atoms with van der Waals surface area (Å²) in [7, 11) is 1.69. The number of fused-ring (bicyclic) bond motifs is 4. The smallest absolute Gasteiger partial charge is 0.228 e. The average molecular weight is 472 g/mol. The molecule has 3 aromatic rings. The monoisotopic (exact) mass is 471 g/mol. The standard InChI is InChI=1S/C29H30FN3O2/c1-35-25-11-6-21-16-26(29(34)32-13-12-20-4-2-3-5-22(20)18-32)28-19-31(14-15-33(28)27(21)17-25)24-9-7-23(30)8-10-24/h2-11,17,26,28H,12-16,18-19H2,1H3. The zero-order chi connectivity index (χ0) is 23.9.